The molecule has 1 aromatic heterocycles. The van der Waals surface area contributed by atoms with Crippen LogP contribution < -0.4 is 4.74 Å². The number of ether oxygens (including phenoxy) is 1. The number of hydrogen-bond donors (Lipinski definition) is 1. The summed E-state index contributed by atoms with van der Waals surface area (Å²) in [6.45, 7) is 3.55. The highest BCUT2D eigenvalue weighted by Crippen LogP contribution is 2.31. The van der Waals surface area contributed by atoms with Crippen LogP contribution in [0.2, 0.25) is 0 Å². The van der Waals surface area contributed by atoms with Crippen LogP contribution in [0.1, 0.15) is 21.7 Å². The Morgan fingerprint density at radius 1 is 1.43 bits per heavy atom. The van der Waals surface area contributed by atoms with Crippen molar-refractivity contribution in [3.8, 4) is 11.5 Å². The molecule has 0 aliphatic heterocycles. The van der Waals surface area contributed by atoms with Crippen LogP contribution in [0.15, 0.2) is 18.2 Å². The monoisotopic (exact) mass is 291 g/mol. The maximum absolute atomic E-state index is 10.9. The van der Waals surface area contributed by atoms with E-state index in [4.69, 9.17) is 9.84 Å². The number of nitro benzene ring substituents is 1. The zero-order valence-corrected chi connectivity index (χ0v) is 11.7. The molecule has 0 atom stereocenters. The summed E-state index contributed by atoms with van der Waals surface area (Å²) in [4.78, 5) is 21.1. The number of hydrogen-bond acceptors (Lipinski definition) is 5. The molecule has 0 radical (unpaired) electrons. The molecule has 8 nitrogen and oxygen atoms in total. The number of benzene rings is 1. The predicted molar refractivity (Wildman–Crippen MR) is 72.8 cm³/mol. The van der Waals surface area contributed by atoms with Crippen molar-refractivity contribution >= 4 is 11.7 Å². The predicted octanol–water partition coefficient (Wildman–Crippen LogP) is 2.44. The molecule has 0 bridgehead atoms. The maximum Gasteiger partial charge on any atom is 0.342 e. The summed E-state index contributed by atoms with van der Waals surface area (Å²) in [7, 11) is 1.76. The van der Waals surface area contributed by atoms with E-state index >= 15 is 0 Å². The first kappa shape index (κ1) is 14.5. The van der Waals surface area contributed by atoms with Gasteiger partial charge in [0.2, 0.25) is 0 Å². The molecule has 1 aromatic carbocycles. The molecule has 0 fully saturated rings. The molecular formula is C13H13N3O5. The van der Waals surface area contributed by atoms with Gasteiger partial charge < -0.3 is 9.84 Å². The standard InChI is InChI=1S/C13H13N3O5/c1-7-12(8(2)15(3)14-7)21-9-4-5-10(13(17)18)11(6-9)16(19)20/h4-6H,1-3H3,(H,17,18). The summed E-state index contributed by atoms with van der Waals surface area (Å²) < 4.78 is 7.24. The van der Waals surface area contributed by atoms with Crippen LogP contribution in [0, 0.1) is 24.0 Å². The summed E-state index contributed by atoms with van der Waals surface area (Å²) in [6.07, 6.45) is 0. The summed E-state index contributed by atoms with van der Waals surface area (Å²) in [5.74, 6) is -0.678. The second-order valence-corrected chi connectivity index (χ2v) is 4.47. The van der Waals surface area contributed by atoms with E-state index in [1.165, 1.54) is 6.07 Å². The van der Waals surface area contributed by atoms with Gasteiger partial charge in [-0.25, -0.2) is 4.79 Å². The van der Waals surface area contributed by atoms with Crippen molar-refractivity contribution in [1.29, 1.82) is 0 Å². The van der Waals surface area contributed by atoms with Gasteiger partial charge in [-0.05, 0) is 26.0 Å². The summed E-state index contributed by atoms with van der Waals surface area (Å²) in [6, 6.07) is 3.62. The van der Waals surface area contributed by atoms with Crippen molar-refractivity contribution < 1.29 is 19.6 Å². The third-order valence-corrected chi connectivity index (χ3v) is 3.06. The first-order valence-electron chi connectivity index (χ1n) is 6.01. The summed E-state index contributed by atoms with van der Waals surface area (Å²) >= 11 is 0. The molecule has 21 heavy (non-hydrogen) atoms. The number of aromatic carboxylic acids is 1. The molecule has 0 aliphatic rings. The molecule has 0 unspecified atom stereocenters. The van der Waals surface area contributed by atoms with Crippen molar-refractivity contribution in [2.45, 2.75) is 13.8 Å². The fourth-order valence-electron chi connectivity index (χ4n) is 1.93. The highest BCUT2D eigenvalue weighted by molar-refractivity contribution is 5.92. The van der Waals surface area contributed by atoms with Crippen LogP contribution in [0.25, 0.3) is 0 Å². The summed E-state index contributed by atoms with van der Waals surface area (Å²) in [5, 5.41) is 24.0. The Bertz CT molecular complexity index is 736. The van der Waals surface area contributed by atoms with Crippen molar-refractivity contribution in [3.05, 3.63) is 45.3 Å². The minimum Gasteiger partial charge on any atom is -0.477 e. The van der Waals surface area contributed by atoms with E-state index in [-0.39, 0.29) is 11.3 Å². The van der Waals surface area contributed by atoms with Crippen molar-refractivity contribution in [1.82, 2.24) is 9.78 Å². The molecule has 2 aromatic rings. The fraction of sp³-hybridized carbons (Fsp3) is 0.231. The zero-order chi connectivity index (χ0) is 15.7. The van der Waals surface area contributed by atoms with Crippen LogP contribution in [0.4, 0.5) is 5.69 Å². The molecule has 2 rings (SSSR count). The average molecular weight is 291 g/mol. The normalized spacial score (nSPS) is 10.4. The van der Waals surface area contributed by atoms with E-state index < -0.39 is 16.6 Å². The van der Waals surface area contributed by atoms with E-state index in [1.807, 2.05) is 0 Å². The molecule has 1 heterocycles. The first-order chi connectivity index (χ1) is 9.81. The SMILES string of the molecule is Cc1nn(C)c(C)c1Oc1ccc(C(=O)O)c([N+](=O)[O-])c1. The quantitative estimate of drug-likeness (QED) is 0.684. The van der Waals surface area contributed by atoms with Crippen LogP contribution >= 0.6 is 0 Å². The van der Waals surface area contributed by atoms with E-state index in [1.54, 1.807) is 25.6 Å². The molecule has 8 heteroatoms. The van der Waals surface area contributed by atoms with Gasteiger partial charge in [-0.2, -0.15) is 5.10 Å². The Kier molecular flexibility index (Phi) is 3.62. The number of aromatic nitrogens is 2. The van der Waals surface area contributed by atoms with Crippen LogP contribution in [0.3, 0.4) is 0 Å². The highest BCUT2D eigenvalue weighted by Gasteiger charge is 2.21. The number of nitro groups is 1. The largest absolute Gasteiger partial charge is 0.477 e. The summed E-state index contributed by atoms with van der Waals surface area (Å²) in [5.41, 5.74) is 0.503. The van der Waals surface area contributed by atoms with Gasteiger partial charge in [0.25, 0.3) is 5.69 Å². The molecule has 0 spiro atoms. The smallest absolute Gasteiger partial charge is 0.342 e. The lowest BCUT2D eigenvalue weighted by molar-refractivity contribution is -0.385. The van der Waals surface area contributed by atoms with Crippen LogP contribution in [-0.4, -0.2) is 25.8 Å². The Morgan fingerprint density at radius 3 is 2.57 bits per heavy atom. The lowest BCUT2D eigenvalue weighted by atomic mass is 10.1. The van der Waals surface area contributed by atoms with Gasteiger partial charge in [0.05, 0.1) is 16.7 Å². The number of nitrogens with zero attached hydrogens (tertiary/aromatic N) is 3. The Labute approximate surface area is 119 Å². The van der Waals surface area contributed by atoms with E-state index in [0.717, 1.165) is 17.8 Å². The molecule has 1 N–H and O–H groups in total. The zero-order valence-electron chi connectivity index (χ0n) is 11.7. The van der Waals surface area contributed by atoms with Crippen LogP contribution in [-0.2, 0) is 7.05 Å². The van der Waals surface area contributed by atoms with Gasteiger partial charge in [0.1, 0.15) is 17.0 Å². The number of rotatable bonds is 4. The van der Waals surface area contributed by atoms with Gasteiger partial charge in [0.15, 0.2) is 5.75 Å². The number of aryl methyl sites for hydroxylation is 2. The van der Waals surface area contributed by atoms with Crippen molar-refractivity contribution in [2.75, 3.05) is 0 Å². The maximum atomic E-state index is 10.9. The van der Waals surface area contributed by atoms with E-state index in [9.17, 15) is 14.9 Å². The Hall–Kier alpha value is -2.90. The van der Waals surface area contributed by atoms with Gasteiger partial charge in [-0.1, -0.05) is 0 Å². The van der Waals surface area contributed by atoms with Crippen molar-refractivity contribution in [3.63, 3.8) is 0 Å². The van der Waals surface area contributed by atoms with Gasteiger partial charge in [-0.3, -0.25) is 14.8 Å². The minimum absolute atomic E-state index is 0.186. The van der Waals surface area contributed by atoms with Gasteiger partial charge >= 0.3 is 5.97 Å². The first-order valence-corrected chi connectivity index (χ1v) is 6.01. The van der Waals surface area contributed by atoms with Crippen molar-refractivity contribution in [2.24, 2.45) is 7.05 Å². The third-order valence-electron chi connectivity index (χ3n) is 3.06. The fourth-order valence-corrected chi connectivity index (χ4v) is 1.93. The average Bonchev–Trinajstić information content (AvgIpc) is 2.65. The van der Waals surface area contributed by atoms with Crippen LogP contribution in [0.5, 0.6) is 11.5 Å². The lowest BCUT2D eigenvalue weighted by Gasteiger charge is -2.07. The number of carboxylic acid groups (broad SMARTS) is 1. The van der Waals surface area contributed by atoms with Gasteiger partial charge in [0, 0.05) is 7.05 Å². The molecule has 0 saturated carbocycles. The lowest BCUT2D eigenvalue weighted by Crippen LogP contribution is -2.02. The second kappa shape index (κ2) is 5.23. The molecule has 0 saturated heterocycles. The molecule has 0 amide bonds. The molecule has 110 valence electrons. The second-order valence-electron chi connectivity index (χ2n) is 4.47. The number of carbonyl (C=O) groups is 1. The van der Waals surface area contributed by atoms with E-state index in [0.29, 0.717) is 11.4 Å². The topological polar surface area (TPSA) is 107 Å². The minimum atomic E-state index is -1.36. The third kappa shape index (κ3) is 2.69. The Morgan fingerprint density at radius 2 is 2.10 bits per heavy atom. The molecular weight excluding hydrogens is 278 g/mol. The molecule has 0 aliphatic carbocycles. The number of carboxylic acids is 1. The van der Waals surface area contributed by atoms with Gasteiger partial charge in [-0.15, -0.1) is 0 Å². The Balaban J connectivity index is 2.44. The van der Waals surface area contributed by atoms with E-state index in [2.05, 4.69) is 5.10 Å². The highest BCUT2D eigenvalue weighted by atomic mass is 16.6.